The number of aliphatic carboxylic acids is 1. The van der Waals surface area contributed by atoms with Gasteiger partial charge < -0.3 is 19.3 Å². The Morgan fingerprint density at radius 1 is 1.35 bits per heavy atom. The SMILES string of the molecule is CC(C)(C)OC(=O)N(CC(=O)O)Cc1cc(Cl)c2c(c1)OCO2. The molecule has 7 nitrogen and oxygen atoms in total. The number of hydrogen-bond acceptors (Lipinski definition) is 5. The van der Waals surface area contributed by atoms with E-state index in [4.69, 9.17) is 30.9 Å². The fourth-order valence-corrected chi connectivity index (χ4v) is 2.30. The molecule has 1 N–H and O–H groups in total. The third kappa shape index (κ3) is 4.66. The molecule has 1 aromatic rings. The maximum absolute atomic E-state index is 12.2. The molecule has 8 heteroatoms. The summed E-state index contributed by atoms with van der Waals surface area (Å²) in [6.45, 7) is 4.74. The number of carboxylic acid groups (broad SMARTS) is 1. The van der Waals surface area contributed by atoms with Gasteiger partial charge in [0.05, 0.1) is 5.02 Å². The number of fused-ring (bicyclic) bond motifs is 1. The fraction of sp³-hybridized carbons (Fsp3) is 0.467. The Labute approximate surface area is 138 Å². The van der Waals surface area contributed by atoms with Crippen LogP contribution in [0.2, 0.25) is 5.02 Å². The third-order valence-electron chi connectivity index (χ3n) is 2.84. The molecule has 0 fully saturated rings. The van der Waals surface area contributed by atoms with Gasteiger partial charge in [0.2, 0.25) is 6.79 Å². The standard InChI is InChI=1S/C15H18ClNO6/c1-15(2,3)23-14(20)17(7-12(18)19)6-9-4-10(16)13-11(5-9)21-8-22-13/h4-5H,6-8H2,1-3H3,(H,18,19). The van der Waals surface area contributed by atoms with Gasteiger partial charge >= 0.3 is 12.1 Å². The minimum atomic E-state index is -1.14. The summed E-state index contributed by atoms with van der Waals surface area (Å²) in [5, 5.41) is 9.34. The van der Waals surface area contributed by atoms with Crippen LogP contribution >= 0.6 is 11.6 Å². The van der Waals surface area contributed by atoms with Crippen molar-refractivity contribution in [2.75, 3.05) is 13.3 Å². The number of carboxylic acids is 1. The van der Waals surface area contributed by atoms with Crippen molar-refractivity contribution >= 4 is 23.7 Å². The number of carbonyl (C=O) groups is 2. The average molecular weight is 344 g/mol. The Kier molecular flexibility index (Phi) is 4.89. The minimum absolute atomic E-state index is 0.0254. The van der Waals surface area contributed by atoms with Gasteiger partial charge in [-0.1, -0.05) is 11.6 Å². The van der Waals surface area contributed by atoms with Crippen molar-refractivity contribution in [1.82, 2.24) is 4.90 Å². The van der Waals surface area contributed by atoms with E-state index in [0.717, 1.165) is 4.90 Å². The molecule has 1 aliphatic rings. The van der Waals surface area contributed by atoms with Gasteiger partial charge in [-0.2, -0.15) is 0 Å². The largest absolute Gasteiger partial charge is 0.480 e. The number of carbonyl (C=O) groups excluding carboxylic acids is 1. The summed E-state index contributed by atoms with van der Waals surface area (Å²) in [5.74, 6) is -0.230. The van der Waals surface area contributed by atoms with Crippen LogP contribution in [0.15, 0.2) is 12.1 Å². The van der Waals surface area contributed by atoms with Crippen LogP contribution in [-0.2, 0) is 16.1 Å². The first-order chi connectivity index (χ1) is 10.7. The second kappa shape index (κ2) is 6.54. The van der Waals surface area contributed by atoms with Crippen molar-refractivity contribution in [2.24, 2.45) is 0 Å². The number of amides is 1. The summed E-state index contributed by atoms with van der Waals surface area (Å²) >= 11 is 6.09. The minimum Gasteiger partial charge on any atom is -0.480 e. The van der Waals surface area contributed by atoms with E-state index in [1.165, 1.54) is 0 Å². The Balaban J connectivity index is 2.19. The maximum Gasteiger partial charge on any atom is 0.411 e. The zero-order valence-corrected chi connectivity index (χ0v) is 13.8. The smallest absolute Gasteiger partial charge is 0.411 e. The fourth-order valence-electron chi connectivity index (χ4n) is 2.01. The molecule has 0 bridgehead atoms. The van der Waals surface area contributed by atoms with Gasteiger partial charge in [0, 0.05) is 6.54 Å². The topological polar surface area (TPSA) is 85.3 Å². The predicted molar refractivity (Wildman–Crippen MR) is 81.9 cm³/mol. The van der Waals surface area contributed by atoms with Gasteiger partial charge in [-0.25, -0.2) is 4.79 Å². The van der Waals surface area contributed by atoms with Gasteiger partial charge in [0.25, 0.3) is 0 Å². The maximum atomic E-state index is 12.2. The molecule has 0 aromatic heterocycles. The second-order valence-corrected chi connectivity index (χ2v) is 6.45. The van der Waals surface area contributed by atoms with Crippen molar-refractivity contribution in [3.63, 3.8) is 0 Å². The molecule has 0 saturated heterocycles. The molecule has 0 atom stereocenters. The highest BCUT2D eigenvalue weighted by molar-refractivity contribution is 6.32. The quantitative estimate of drug-likeness (QED) is 0.904. The number of rotatable bonds is 4. The molecule has 0 spiro atoms. The molecule has 0 unspecified atom stereocenters. The number of halogens is 1. The summed E-state index contributed by atoms with van der Waals surface area (Å²) in [4.78, 5) is 24.3. The summed E-state index contributed by atoms with van der Waals surface area (Å²) in [6, 6.07) is 3.27. The molecule has 1 aromatic carbocycles. The number of nitrogens with zero attached hydrogens (tertiary/aromatic N) is 1. The lowest BCUT2D eigenvalue weighted by atomic mass is 10.2. The molecule has 1 heterocycles. The molecule has 0 saturated carbocycles. The molecule has 2 rings (SSSR count). The zero-order valence-electron chi connectivity index (χ0n) is 13.1. The lowest BCUT2D eigenvalue weighted by Crippen LogP contribution is -2.39. The van der Waals surface area contributed by atoms with Crippen LogP contribution in [0, 0.1) is 0 Å². The van der Waals surface area contributed by atoms with E-state index in [0.29, 0.717) is 22.1 Å². The molecule has 23 heavy (non-hydrogen) atoms. The first-order valence-electron chi connectivity index (χ1n) is 6.93. The number of ether oxygens (including phenoxy) is 3. The Bertz CT molecular complexity index is 625. The van der Waals surface area contributed by atoms with Gasteiger partial charge in [0.15, 0.2) is 11.5 Å². The van der Waals surface area contributed by atoms with E-state index in [2.05, 4.69) is 0 Å². The predicted octanol–water partition coefficient (Wildman–Crippen LogP) is 2.89. The van der Waals surface area contributed by atoms with Crippen LogP contribution in [0.4, 0.5) is 4.79 Å². The van der Waals surface area contributed by atoms with Crippen molar-refractivity contribution in [1.29, 1.82) is 0 Å². The molecule has 0 aliphatic carbocycles. The molecule has 1 aliphatic heterocycles. The van der Waals surface area contributed by atoms with Crippen LogP contribution in [0.3, 0.4) is 0 Å². The van der Waals surface area contributed by atoms with Gasteiger partial charge in [-0.3, -0.25) is 9.69 Å². The van der Waals surface area contributed by atoms with E-state index in [-0.39, 0.29) is 13.3 Å². The summed E-state index contributed by atoms with van der Waals surface area (Å²) in [5.41, 5.74) is -0.105. The monoisotopic (exact) mass is 343 g/mol. The van der Waals surface area contributed by atoms with Crippen LogP contribution < -0.4 is 9.47 Å². The van der Waals surface area contributed by atoms with E-state index in [1.807, 2.05) is 0 Å². The van der Waals surface area contributed by atoms with E-state index < -0.39 is 24.2 Å². The van der Waals surface area contributed by atoms with Crippen LogP contribution in [0.5, 0.6) is 11.5 Å². The van der Waals surface area contributed by atoms with Crippen LogP contribution in [0.1, 0.15) is 26.3 Å². The summed E-state index contributed by atoms with van der Waals surface area (Å²) in [7, 11) is 0. The molecule has 1 amide bonds. The number of benzene rings is 1. The van der Waals surface area contributed by atoms with Crippen molar-refractivity contribution in [2.45, 2.75) is 32.9 Å². The van der Waals surface area contributed by atoms with Gasteiger partial charge in [-0.05, 0) is 38.5 Å². The normalized spacial score (nSPS) is 12.9. The third-order valence-corrected chi connectivity index (χ3v) is 3.12. The van der Waals surface area contributed by atoms with E-state index in [1.54, 1.807) is 32.9 Å². The van der Waals surface area contributed by atoms with Crippen molar-refractivity contribution < 1.29 is 28.9 Å². The van der Waals surface area contributed by atoms with E-state index in [9.17, 15) is 9.59 Å². The van der Waals surface area contributed by atoms with Gasteiger partial charge in [-0.15, -0.1) is 0 Å². The lowest BCUT2D eigenvalue weighted by Gasteiger charge is -2.26. The van der Waals surface area contributed by atoms with Gasteiger partial charge in [0.1, 0.15) is 12.1 Å². The van der Waals surface area contributed by atoms with Crippen LogP contribution in [-0.4, -0.2) is 41.0 Å². The zero-order chi connectivity index (χ0) is 17.2. The van der Waals surface area contributed by atoms with Crippen LogP contribution in [0.25, 0.3) is 0 Å². The number of hydrogen-bond donors (Lipinski definition) is 1. The highest BCUT2D eigenvalue weighted by Gasteiger charge is 2.25. The summed E-state index contributed by atoms with van der Waals surface area (Å²) in [6.07, 6.45) is -0.714. The highest BCUT2D eigenvalue weighted by atomic mass is 35.5. The first-order valence-corrected chi connectivity index (χ1v) is 7.31. The summed E-state index contributed by atoms with van der Waals surface area (Å²) < 4.78 is 15.7. The Hall–Kier alpha value is -2.15. The Morgan fingerprint density at radius 3 is 2.65 bits per heavy atom. The molecule has 126 valence electrons. The highest BCUT2D eigenvalue weighted by Crippen LogP contribution is 2.40. The lowest BCUT2D eigenvalue weighted by molar-refractivity contribution is -0.138. The molecular weight excluding hydrogens is 326 g/mol. The second-order valence-electron chi connectivity index (χ2n) is 6.04. The molecular formula is C15H18ClNO6. The van der Waals surface area contributed by atoms with Crippen molar-refractivity contribution in [3.8, 4) is 11.5 Å². The van der Waals surface area contributed by atoms with E-state index >= 15 is 0 Å². The van der Waals surface area contributed by atoms with Crippen molar-refractivity contribution in [3.05, 3.63) is 22.7 Å². The average Bonchev–Trinajstić information content (AvgIpc) is 2.84. The molecule has 0 radical (unpaired) electrons. The Morgan fingerprint density at radius 2 is 2.04 bits per heavy atom. The first kappa shape index (κ1) is 17.2.